The fourth-order valence-electron chi connectivity index (χ4n) is 1.73. The summed E-state index contributed by atoms with van der Waals surface area (Å²) in [4.78, 5) is 26.7. The molecule has 0 fully saturated rings. The number of hydrogen-bond acceptors (Lipinski definition) is 3. The highest BCUT2D eigenvalue weighted by Crippen LogP contribution is 2.14. The van der Waals surface area contributed by atoms with Crippen molar-refractivity contribution in [1.29, 1.82) is 0 Å². The van der Waals surface area contributed by atoms with Crippen LogP contribution in [-0.2, 0) is 4.79 Å². The Morgan fingerprint density at radius 1 is 1.15 bits per heavy atom. The highest BCUT2D eigenvalue weighted by atomic mass is 19.1. The number of amides is 2. The molecule has 1 aromatic carbocycles. The summed E-state index contributed by atoms with van der Waals surface area (Å²) in [7, 11) is 0. The Morgan fingerprint density at radius 3 is 2.65 bits per heavy atom. The van der Waals surface area contributed by atoms with Crippen LogP contribution in [0.25, 0.3) is 10.9 Å². The zero-order valence-electron chi connectivity index (χ0n) is 10.9. The molecule has 0 saturated heterocycles. The number of carbonyl (C=O) groups excluding carboxylic acids is 2. The number of benzene rings is 1. The van der Waals surface area contributed by atoms with Crippen molar-refractivity contribution in [2.45, 2.75) is 6.92 Å². The predicted octanol–water partition coefficient (Wildman–Crippen LogP) is 1.24. The predicted molar refractivity (Wildman–Crippen MR) is 72.7 cm³/mol. The lowest BCUT2D eigenvalue weighted by Gasteiger charge is -2.06. The molecular weight excluding hydrogens is 261 g/mol. The number of halogens is 1. The first-order valence-electron chi connectivity index (χ1n) is 6.15. The minimum atomic E-state index is -0.341. The molecule has 2 N–H and O–H groups in total. The van der Waals surface area contributed by atoms with Crippen LogP contribution in [-0.4, -0.2) is 29.9 Å². The summed E-state index contributed by atoms with van der Waals surface area (Å²) in [5, 5.41) is 5.85. The Morgan fingerprint density at radius 2 is 1.90 bits per heavy atom. The number of hydrogen-bond donors (Lipinski definition) is 2. The van der Waals surface area contributed by atoms with Crippen molar-refractivity contribution in [3.63, 3.8) is 0 Å². The number of fused-ring (bicyclic) bond motifs is 1. The van der Waals surface area contributed by atoms with E-state index >= 15 is 0 Å². The second-order valence-electron chi connectivity index (χ2n) is 4.27. The highest BCUT2D eigenvalue weighted by Gasteiger charge is 2.07. The number of aromatic nitrogens is 1. The van der Waals surface area contributed by atoms with Gasteiger partial charge in [0.15, 0.2) is 0 Å². The number of pyridine rings is 1. The van der Waals surface area contributed by atoms with Crippen LogP contribution >= 0.6 is 0 Å². The Labute approximate surface area is 115 Å². The summed E-state index contributed by atoms with van der Waals surface area (Å²) >= 11 is 0. The number of nitrogens with one attached hydrogen (secondary N) is 2. The molecule has 0 spiro atoms. The molecule has 104 valence electrons. The van der Waals surface area contributed by atoms with E-state index in [1.807, 2.05) is 0 Å². The largest absolute Gasteiger partial charge is 0.355 e. The van der Waals surface area contributed by atoms with Gasteiger partial charge in [-0.05, 0) is 24.3 Å². The maximum atomic E-state index is 13.0. The van der Waals surface area contributed by atoms with Crippen LogP contribution in [0.3, 0.4) is 0 Å². The summed E-state index contributed by atoms with van der Waals surface area (Å²) in [6.45, 7) is 2.09. The van der Waals surface area contributed by atoms with Gasteiger partial charge in [-0.1, -0.05) is 6.07 Å². The molecule has 5 nitrogen and oxygen atoms in total. The smallest absolute Gasteiger partial charge is 0.269 e. The third-order valence-electron chi connectivity index (χ3n) is 2.67. The third kappa shape index (κ3) is 3.50. The molecule has 20 heavy (non-hydrogen) atoms. The van der Waals surface area contributed by atoms with Gasteiger partial charge in [0.05, 0.1) is 5.52 Å². The first-order valence-corrected chi connectivity index (χ1v) is 6.15. The lowest BCUT2D eigenvalue weighted by atomic mass is 10.2. The van der Waals surface area contributed by atoms with Crippen LogP contribution in [0.5, 0.6) is 0 Å². The Kier molecular flexibility index (Phi) is 4.24. The Bertz CT molecular complexity index is 658. The van der Waals surface area contributed by atoms with Gasteiger partial charge in [-0.15, -0.1) is 0 Å². The molecule has 0 atom stereocenters. The minimum absolute atomic E-state index is 0.148. The normalized spacial score (nSPS) is 10.3. The lowest BCUT2D eigenvalue weighted by molar-refractivity contribution is -0.118. The van der Waals surface area contributed by atoms with Gasteiger partial charge in [-0.3, -0.25) is 9.59 Å². The zero-order chi connectivity index (χ0) is 14.5. The first-order chi connectivity index (χ1) is 9.56. The average molecular weight is 275 g/mol. The van der Waals surface area contributed by atoms with E-state index in [1.165, 1.54) is 31.2 Å². The highest BCUT2D eigenvalue weighted by molar-refractivity contribution is 5.94. The number of carbonyl (C=O) groups is 2. The SMILES string of the molecule is CC(=O)NCCNC(=O)c1ccc2cc(F)ccc2n1. The molecule has 1 heterocycles. The van der Waals surface area contributed by atoms with E-state index in [1.54, 1.807) is 6.07 Å². The monoisotopic (exact) mass is 275 g/mol. The van der Waals surface area contributed by atoms with Gasteiger partial charge in [-0.25, -0.2) is 9.37 Å². The third-order valence-corrected chi connectivity index (χ3v) is 2.67. The van der Waals surface area contributed by atoms with Crippen LogP contribution in [0.15, 0.2) is 30.3 Å². The lowest BCUT2D eigenvalue weighted by Crippen LogP contribution is -2.33. The summed E-state index contributed by atoms with van der Waals surface area (Å²) < 4.78 is 13.0. The first kappa shape index (κ1) is 13.9. The fraction of sp³-hybridized carbons (Fsp3) is 0.214. The quantitative estimate of drug-likeness (QED) is 0.825. The second kappa shape index (κ2) is 6.10. The Balaban J connectivity index is 2.03. The molecule has 0 unspecified atom stereocenters. The van der Waals surface area contributed by atoms with Crippen molar-refractivity contribution < 1.29 is 14.0 Å². The summed E-state index contributed by atoms with van der Waals surface area (Å²) in [6, 6.07) is 7.37. The molecule has 0 radical (unpaired) electrons. The van der Waals surface area contributed by atoms with E-state index in [9.17, 15) is 14.0 Å². The van der Waals surface area contributed by atoms with E-state index in [0.29, 0.717) is 24.0 Å². The van der Waals surface area contributed by atoms with Crippen molar-refractivity contribution in [2.24, 2.45) is 0 Å². The van der Waals surface area contributed by atoms with Crippen molar-refractivity contribution in [3.8, 4) is 0 Å². The van der Waals surface area contributed by atoms with Crippen LogP contribution in [0.2, 0.25) is 0 Å². The maximum absolute atomic E-state index is 13.0. The molecule has 0 aliphatic heterocycles. The molecule has 6 heteroatoms. The number of nitrogens with zero attached hydrogens (tertiary/aromatic N) is 1. The fourth-order valence-corrected chi connectivity index (χ4v) is 1.73. The molecule has 0 saturated carbocycles. The van der Waals surface area contributed by atoms with Gasteiger partial charge in [0.2, 0.25) is 5.91 Å². The molecule has 1 aromatic heterocycles. The number of rotatable bonds is 4. The van der Waals surface area contributed by atoms with E-state index in [0.717, 1.165) is 0 Å². The second-order valence-corrected chi connectivity index (χ2v) is 4.27. The van der Waals surface area contributed by atoms with Crippen molar-refractivity contribution in [2.75, 3.05) is 13.1 Å². The zero-order valence-corrected chi connectivity index (χ0v) is 10.9. The summed E-state index contributed by atoms with van der Waals surface area (Å²) in [6.07, 6.45) is 0. The molecule has 2 amide bonds. The topological polar surface area (TPSA) is 71.1 Å². The molecule has 0 aliphatic carbocycles. The van der Waals surface area contributed by atoms with E-state index < -0.39 is 0 Å². The van der Waals surface area contributed by atoms with Crippen molar-refractivity contribution >= 4 is 22.7 Å². The van der Waals surface area contributed by atoms with Gasteiger partial charge >= 0.3 is 0 Å². The van der Waals surface area contributed by atoms with Gasteiger partial charge in [0.25, 0.3) is 5.91 Å². The molecule has 2 aromatic rings. The minimum Gasteiger partial charge on any atom is -0.355 e. The van der Waals surface area contributed by atoms with Crippen LogP contribution in [0.4, 0.5) is 4.39 Å². The average Bonchev–Trinajstić information content (AvgIpc) is 2.42. The van der Waals surface area contributed by atoms with Gasteiger partial charge in [0, 0.05) is 25.4 Å². The Hall–Kier alpha value is -2.50. The maximum Gasteiger partial charge on any atom is 0.269 e. The summed E-state index contributed by atoms with van der Waals surface area (Å²) in [5.41, 5.74) is 0.813. The van der Waals surface area contributed by atoms with Crippen LogP contribution < -0.4 is 10.6 Å². The van der Waals surface area contributed by atoms with Crippen LogP contribution in [0.1, 0.15) is 17.4 Å². The van der Waals surface area contributed by atoms with Gasteiger partial charge in [0.1, 0.15) is 11.5 Å². The van der Waals surface area contributed by atoms with Crippen LogP contribution in [0, 0.1) is 5.82 Å². The standard InChI is InChI=1S/C14H14FN3O2/c1-9(19)16-6-7-17-14(20)13-4-2-10-8-11(15)3-5-12(10)18-13/h2-5,8H,6-7H2,1H3,(H,16,19)(H,17,20). The van der Waals surface area contributed by atoms with Gasteiger partial charge < -0.3 is 10.6 Å². The molecule has 0 bridgehead atoms. The van der Waals surface area contributed by atoms with Gasteiger partial charge in [-0.2, -0.15) is 0 Å². The van der Waals surface area contributed by atoms with Crippen molar-refractivity contribution in [1.82, 2.24) is 15.6 Å². The molecule has 2 rings (SSSR count). The van der Waals surface area contributed by atoms with Crippen molar-refractivity contribution in [3.05, 3.63) is 41.8 Å². The summed E-state index contributed by atoms with van der Waals surface area (Å²) in [5.74, 6) is -0.821. The van der Waals surface area contributed by atoms with E-state index in [2.05, 4.69) is 15.6 Å². The molecular formula is C14H14FN3O2. The van der Waals surface area contributed by atoms with E-state index in [4.69, 9.17) is 0 Å². The molecule has 0 aliphatic rings. The van der Waals surface area contributed by atoms with E-state index in [-0.39, 0.29) is 23.3 Å².